The van der Waals surface area contributed by atoms with Crippen molar-refractivity contribution >= 4 is 39.0 Å². The van der Waals surface area contributed by atoms with Crippen molar-refractivity contribution in [3.05, 3.63) is 35.0 Å². The number of ether oxygens (including phenoxy) is 1. The van der Waals surface area contributed by atoms with Crippen LogP contribution in [0.1, 0.15) is 4.88 Å². The van der Waals surface area contributed by atoms with Crippen LogP contribution < -0.4 is 15.8 Å². The molecule has 21 heavy (non-hydrogen) atoms. The molecule has 0 aliphatic carbocycles. The molecule has 0 atom stereocenters. The van der Waals surface area contributed by atoms with Crippen molar-refractivity contribution in [3.8, 4) is 5.75 Å². The van der Waals surface area contributed by atoms with Crippen molar-refractivity contribution in [2.24, 2.45) is 0 Å². The molecule has 0 spiro atoms. The average Bonchev–Trinajstić information content (AvgIpc) is 2.81. The Kier molecular flexibility index (Phi) is 3.34. The number of nitrogen functional groups attached to an aromatic ring is 1. The number of fused-ring (bicyclic) bond motifs is 1. The highest BCUT2D eigenvalue weighted by Crippen LogP contribution is 2.32. The summed E-state index contributed by atoms with van der Waals surface area (Å²) in [5, 5.41) is 3.78. The molecule has 0 fully saturated rings. The van der Waals surface area contributed by atoms with Crippen LogP contribution in [-0.2, 0) is 0 Å². The molecule has 3 rings (SSSR count). The number of halogens is 1. The minimum atomic E-state index is -0.395. The summed E-state index contributed by atoms with van der Waals surface area (Å²) < 4.78 is 19.0. The molecule has 3 aromatic rings. The number of hydrogen-bond donors (Lipinski definition) is 2. The van der Waals surface area contributed by atoms with Gasteiger partial charge in [-0.15, -0.1) is 11.3 Å². The molecule has 2 aromatic heterocycles. The number of benzene rings is 1. The van der Waals surface area contributed by atoms with E-state index in [2.05, 4.69) is 15.3 Å². The number of hydrogen-bond acceptors (Lipinski definition) is 6. The van der Waals surface area contributed by atoms with Gasteiger partial charge in [0.2, 0.25) is 5.95 Å². The van der Waals surface area contributed by atoms with E-state index >= 15 is 0 Å². The first-order valence-electron chi connectivity index (χ1n) is 6.21. The Labute approximate surface area is 124 Å². The molecule has 0 unspecified atom stereocenters. The molecular weight excluding hydrogens is 291 g/mol. The number of aryl methyl sites for hydroxylation is 1. The number of nitrogens with one attached hydrogen (secondary N) is 1. The van der Waals surface area contributed by atoms with Crippen LogP contribution in [0.5, 0.6) is 5.75 Å². The molecule has 0 saturated carbocycles. The van der Waals surface area contributed by atoms with Crippen molar-refractivity contribution in [3.63, 3.8) is 0 Å². The lowest BCUT2D eigenvalue weighted by Gasteiger charge is -2.10. The molecule has 0 radical (unpaired) electrons. The van der Waals surface area contributed by atoms with Gasteiger partial charge in [-0.1, -0.05) is 0 Å². The van der Waals surface area contributed by atoms with E-state index in [1.165, 1.54) is 24.5 Å². The van der Waals surface area contributed by atoms with Gasteiger partial charge in [-0.2, -0.15) is 4.98 Å². The fraction of sp³-hybridized carbons (Fsp3) is 0.143. The van der Waals surface area contributed by atoms with Crippen LogP contribution in [0.3, 0.4) is 0 Å². The van der Waals surface area contributed by atoms with Crippen molar-refractivity contribution in [1.29, 1.82) is 0 Å². The second-order valence-electron chi connectivity index (χ2n) is 4.48. The third-order valence-corrected chi connectivity index (χ3v) is 3.90. The molecule has 3 N–H and O–H groups in total. The predicted molar refractivity (Wildman–Crippen MR) is 82.8 cm³/mol. The minimum Gasteiger partial charge on any atom is -0.497 e. The molecule has 0 aliphatic heterocycles. The third kappa shape index (κ3) is 2.59. The van der Waals surface area contributed by atoms with Crippen molar-refractivity contribution in [2.75, 3.05) is 18.2 Å². The van der Waals surface area contributed by atoms with E-state index in [4.69, 9.17) is 10.5 Å². The molecule has 108 valence electrons. The first kappa shape index (κ1) is 13.6. The Morgan fingerprint density at radius 2 is 2.10 bits per heavy atom. The predicted octanol–water partition coefficient (Wildman–Crippen LogP) is 3.47. The number of methoxy groups -OCH3 is 1. The van der Waals surface area contributed by atoms with Crippen molar-refractivity contribution < 1.29 is 9.13 Å². The Balaban J connectivity index is 2.09. The second kappa shape index (κ2) is 5.17. The van der Waals surface area contributed by atoms with Crippen molar-refractivity contribution in [1.82, 2.24) is 9.97 Å². The summed E-state index contributed by atoms with van der Waals surface area (Å²) in [6.45, 7) is 1.97. The maximum Gasteiger partial charge on any atom is 0.223 e. The fourth-order valence-electron chi connectivity index (χ4n) is 2.01. The first-order valence-corrected chi connectivity index (χ1v) is 7.02. The monoisotopic (exact) mass is 304 g/mol. The first-order chi connectivity index (χ1) is 10.1. The molecule has 1 aromatic carbocycles. The zero-order chi connectivity index (χ0) is 15.0. The Morgan fingerprint density at radius 3 is 2.86 bits per heavy atom. The maximum atomic E-state index is 13.9. The Bertz CT molecular complexity index is 818. The highest BCUT2D eigenvalue weighted by Gasteiger charge is 2.12. The number of thiophene rings is 1. The smallest absolute Gasteiger partial charge is 0.223 e. The standard InChI is InChI=1S/C14H13FN4OS/c1-7-5-9-12(18-14(16)19-13(9)21-7)17-11-6-8(20-2)3-4-10(11)15/h3-6H,1-2H3,(H3,16,17,18,19). The van der Waals surface area contributed by atoms with E-state index in [9.17, 15) is 4.39 Å². The summed E-state index contributed by atoms with van der Waals surface area (Å²) in [5.41, 5.74) is 5.98. The van der Waals surface area contributed by atoms with Crippen LogP contribution in [0.2, 0.25) is 0 Å². The van der Waals surface area contributed by atoms with Gasteiger partial charge in [0.1, 0.15) is 22.2 Å². The van der Waals surface area contributed by atoms with Gasteiger partial charge in [-0.3, -0.25) is 0 Å². The topological polar surface area (TPSA) is 73.1 Å². The minimum absolute atomic E-state index is 0.148. The van der Waals surface area contributed by atoms with Crippen LogP contribution in [0, 0.1) is 12.7 Å². The van der Waals surface area contributed by atoms with E-state index in [-0.39, 0.29) is 11.6 Å². The quantitative estimate of drug-likeness (QED) is 0.775. The number of aromatic nitrogens is 2. The van der Waals surface area contributed by atoms with Gasteiger partial charge in [0.05, 0.1) is 18.2 Å². The summed E-state index contributed by atoms with van der Waals surface area (Å²) >= 11 is 1.51. The number of nitrogens with zero attached hydrogens (tertiary/aromatic N) is 2. The van der Waals surface area contributed by atoms with Gasteiger partial charge < -0.3 is 15.8 Å². The third-order valence-electron chi connectivity index (χ3n) is 2.96. The summed E-state index contributed by atoms with van der Waals surface area (Å²) in [5.74, 6) is 0.788. The van der Waals surface area contributed by atoms with Crippen LogP contribution >= 0.6 is 11.3 Å². The van der Waals surface area contributed by atoms with E-state index in [0.717, 1.165) is 15.1 Å². The van der Waals surface area contributed by atoms with Gasteiger partial charge in [-0.05, 0) is 25.1 Å². The summed E-state index contributed by atoms with van der Waals surface area (Å²) in [4.78, 5) is 10.2. The Hall–Kier alpha value is -2.41. The van der Waals surface area contributed by atoms with Gasteiger partial charge in [-0.25, -0.2) is 9.37 Å². The second-order valence-corrected chi connectivity index (χ2v) is 5.71. The van der Waals surface area contributed by atoms with Crippen molar-refractivity contribution in [2.45, 2.75) is 6.92 Å². The molecule has 7 heteroatoms. The number of rotatable bonds is 3. The average molecular weight is 304 g/mol. The highest BCUT2D eigenvalue weighted by molar-refractivity contribution is 7.18. The lowest BCUT2D eigenvalue weighted by Crippen LogP contribution is -2.01. The SMILES string of the molecule is COc1ccc(F)c(Nc2nc(N)nc3sc(C)cc23)c1. The van der Waals surface area contributed by atoms with Crippen LogP contribution in [-0.4, -0.2) is 17.1 Å². The number of anilines is 3. The lowest BCUT2D eigenvalue weighted by atomic mass is 10.2. The normalized spacial score (nSPS) is 10.8. The van der Waals surface area contributed by atoms with E-state index < -0.39 is 5.82 Å². The molecule has 0 aliphatic rings. The van der Waals surface area contributed by atoms with Crippen LogP contribution in [0.15, 0.2) is 24.3 Å². The highest BCUT2D eigenvalue weighted by atomic mass is 32.1. The maximum absolute atomic E-state index is 13.9. The lowest BCUT2D eigenvalue weighted by molar-refractivity contribution is 0.414. The summed E-state index contributed by atoms with van der Waals surface area (Å²) in [7, 11) is 1.53. The van der Waals surface area contributed by atoms with Gasteiger partial charge in [0.15, 0.2) is 0 Å². The molecule has 0 amide bonds. The Morgan fingerprint density at radius 1 is 1.29 bits per heavy atom. The fourth-order valence-corrected chi connectivity index (χ4v) is 2.89. The van der Waals surface area contributed by atoms with E-state index in [1.807, 2.05) is 13.0 Å². The van der Waals surface area contributed by atoms with Gasteiger partial charge in [0, 0.05) is 10.9 Å². The van der Waals surface area contributed by atoms with Gasteiger partial charge >= 0.3 is 0 Å². The zero-order valence-corrected chi connectivity index (χ0v) is 12.3. The summed E-state index contributed by atoms with van der Waals surface area (Å²) in [6, 6.07) is 6.40. The van der Waals surface area contributed by atoms with E-state index in [1.54, 1.807) is 12.1 Å². The molecular formula is C14H13FN4OS. The van der Waals surface area contributed by atoms with Crippen LogP contribution in [0.4, 0.5) is 21.8 Å². The molecule has 0 saturated heterocycles. The number of nitrogens with two attached hydrogens (primary N) is 1. The summed E-state index contributed by atoms with van der Waals surface area (Å²) in [6.07, 6.45) is 0. The molecule has 2 heterocycles. The van der Waals surface area contributed by atoms with E-state index in [0.29, 0.717) is 11.6 Å². The van der Waals surface area contributed by atoms with Crippen LogP contribution in [0.25, 0.3) is 10.2 Å². The largest absolute Gasteiger partial charge is 0.497 e. The zero-order valence-electron chi connectivity index (χ0n) is 11.5. The molecule has 5 nitrogen and oxygen atoms in total. The van der Waals surface area contributed by atoms with Gasteiger partial charge in [0.25, 0.3) is 0 Å². The molecule has 0 bridgehead atoms.